The Morgan fingerprint density at radius 2 is 1.68 bits per heavy atom. The molecular weight excluding hydrogens is 236 g/mol. The van der Waals surface area contributed by atoms with Crippen molar-refractivity contribution in [3.8, 4) is 0 Å². The SMILES string of the molecule is CCCNC(C(CC)CC)C(C)(C)N1CCOCC1. The maximum Gasteiger partial charge on any atom is 0.0594 e. The Morgan fingerprint density at radius 3 is 2.16 bits per heavy atom. The van der Waals surface area contributed by atoms with E-state index in [2.05, 4.69) is 44.8 Å². The fraction of sp³-hybridized carbons (Fsp3) is 1.00. The van der Waals surface area contributed by atoms with E-state index >= 15 is 0 Å². The third-order valence-corrected chi connectivity index (χ3v) is 4.72. The van der Waals surface area contributed by atoms with Crippen molar-refractivity contribution in [3.05, 3.63) is 0 Å². The number of hydrogen-bond acceptors (Lipinski definition) is 3. The fourth-order valence-electron chi connectivity index (χ4n) is 3.39. The first-order chi connectivity index (χ1) is 9.07. The average molecular weight is 270 g/mol. The van der Waals surface area contributed by atoms with Crippen LogP contribution in [0, 0.1) is 5.92 Å². The summed E-state index contributed by atoms with van der Waals surface area (Å²) in [6.45, 7) is 16.7. The minimum Gasteiger partial charge on any atom is -0.379 e. The predicted octanol–water partition coefficient (Wildman–Crippen LogP) is 2.90. The highest BCUT2D eigenvalue weighted by atomic mass is 16.5. The maximum absolute atomic E-state index is 5.51. The quantitative estimate of drug-likeness (QED) is 0.734. The summed E-state index contributed by atoms with van der Waals surface area (Å²) in [5.74, 6) is 0.754. The van der Waals surface area contributed by atoms with Crippen molar-refractivity contribution in [3.63, 3.8) is 0 Å². The van der Waals surface area contributed by atoms with Crippen LogP contribution < -0.4 is 5.32 Å². The molecule has 1 atom stereocenters. The van der Waals surface area contributed by atoms with E-state index in [1.54, 1.807) is 0 Å². The Labute approximate surface area is 120 Å². The molecule has 1 N–H and O–H groups in total. The molecular formula is C16H34N2O. The van der Waals surface area contributed by atoms with Gasteiger partial charge in [0.05, 0.1) is 13.2 Å². The van der Waals surface area contributed by atoms with Crippen LogP contribution in [0.5, 0.6) is 0 Å². The zero-order valence-corrected chi connectivity index (χ0v) is 13.7. The topological polar surface area (TPSA) is 24.5 Å². The van der Waals surface area contributed by atoms with Gasteiger partial charge in [0.1, 0.15) is 0 Å². The van der Waals surface area contributed by atoms with Crippen LogP contribution in [0.2, 0.25) is 0 Å². The molecule has 0 radical (unpaired) electrons. The summed E-state index contributed by atoms with van der Waals surface area (Å²) in [4.78, 5) is 2.61. The molecule has 0 aromatic heterocycles. The Balaban J connectivity index is 2.79. The van der Waals surface area contributed by atoms with Crippen LogP contribution in [0.3, 0.4) is 0 Å². The molecule has 1 aliphatic heterocycles. The van der Waals surface area contributed by atoms with Gasteiger partial charge in [-0.1, -0.05) is 33.6 Å². The van der Waals surface area contributed by atoms with Crippen molar-refractivity contribution in [1.29, 1.82) is 0 Å². The average Bonchev–Trinajstić information content (AvgIpc) is 2.44. The van der Waals surface area contributed by atoms with E-state index in [0.717, 1.165) is 38.8 Å². The van der Waals surface area contributed by atoms with Crippen LogP contribution in [0.25, 0.3) is 0 Å². The Kier molecular flexibility index (Phi) is 7.33. The number of hydrogen-bond donors (Lipinski definition) is 1. The van der Waals surface area contributed by atoms with Gasteiger partial charge in [0.15, 0.2) is 0 Å². The van der Waals surface area contributed by atoms with E-state index in [-0.39, 0.29) is 5.54 Å². The van der Waals surface area contributed by atoms with E-state index in [1.807, 2.05) is 0 Å². The monoisotopic (exact) mass is 270 g/mol. The highest BCUT2D eigenvalue weighted by Gasteiger charge is 2.38. The zero-order chi connectivity index (χ0) is 14.3. The lowest BCUT2D eigenvalue weighted by Crippen LogP contribution is -2.62. The molecule has 1 rings (SSSR count). The molecule has 0 aromatic rings. The molecule has 0 spiro atoms. The molecule has 1 fully saturated rings. The van der Waals surface area contributed by atoms with Gasteiger partial charge in [-0.25, -0.2) is 0 Å². The normalized spacial score (nSPS) is 19.9. The number of ether oxygens (including phenoxy) is 1. The van der Waals surface area contributed by atoms with Crippen molar-refractivity contribution >= 4 is 0 Å². The van der Waals surface area contributed by atoms with Crippen molar-refractivity contribution in [2.75, 3.05) is 32.8 Å². The van der Waals surface area contributed by atoms with Crippen LogP contribution in [0.15, 0.2) is 0 Å². The fourth-order valence-corrected chi connectivity index (χ4v) is 3.39. The molecule has 1 unspecified atom stereocenters. The van der Waals surface area contributed by atoms with Crippen LogP contribution in [0.1, 0.15) is 53.9 Å². The molecule has 1 heterocycles. The predicted molar refractivity (Wildman–Crippen MR) is 82.6 cm³/mol. The maximum atomic E-state index is 5.51. The summed E-state index contributed by atoms with van der Waals surface area (Å²) in [5.41, 5.74) is 0.204. The van der Waals surface area contributed by atoms with Crippen LogP contribution in [0.4, 0.5) is 0 Å². The van der Waals surface area contributed by atoms with E-state index in [0.29, 0.717) is 6.04 Å². The minimum atomic E-state index is 0.204. The molecule has 0 aliphatic carbocycles. The number of rotatable bonds is 8. The van der Waals surface area contributed by atoms with Gasteiger partial charge in [-0.3, -0.25) is 4.90 Å². The van der Waals surface area contributed by atoms with Gasteiger partial charge in [-0.2, -0.15) is 0 Å². The van der Waals surface area contributed by atoms with Gasteiger partial charge in [0.25, 0.3) is 0 Å². The van der Waals surface area contributed by atoms with Crippen molar-refractivity contribution in [2.24, 2.45) is 5.92 Å². The van der Waals surface area contributed by atoms with Gasteiger partial charge < -0.3 is 10.1 Å². The third kappa shape index (κ3) is 4.44. The van der Waals surface area contributed by atoms with Crippen molar-refractivity contribution in [1.82, 2.24) is 10.2 Å². The van der Waals surface area contributed by atoms with Gasteiger partial charge >= 0.3 is 0 Å². The highest BCUT2D eigenvalue weighted by molar-refractivity contribution is 4.97. The second kappa shape index (κ2) is 8.23. The Morgan fingerprint density at radius 1 is 1.11 bits per heavy atom. The lowest BCUT2D eigenvalue weighted by molar-refractivity contribution is -0.0323. The zero-order valence-electron chi connectivity index (χ0n) is 13.7. The number of nitrogens with zero attached hydrogens (tertiary/aromatic N) is 1. The molecule has 1 aliphatic rings. The van der Waals surface area contributed by atoms with E-state index in [1.165, 1.54) is 19.3 Å². The molecule has 3 nitrogen and oxygen atoms in total. The largest absolute Gasteiger partial charge is 0.379 e. The van der Waals surface area contributed by atoms with Gasteiger partial charge in [0, 0.05) is 24.7 Å². The first-order valence-electron chi connectivity index (χ1n) is 8.14. The molecule has 114 valence electrons. The molecule has 19 heavy (non-hydrogen) atoms. The van der Waals surface area contributed by atoms with Crippen molar-refractivity contribution in [2.45, 2.75) is 65.5 Å². The third-order valence-electron chi connectivity index (χ3n) is 4.72. The first-order valence-corrected chi connectivity index (χ1v) is 8.14. The smallest absolute Gasteiger partial charge is 0.0594 e. The highest BCUT2D eigenvalue weighted by Crippen LogP contribution is 2.28. The van der Waals surface area contributed by atoms with E-state index in [9.17, 15) is 0 Å². The summed E-state index contributed by atoms with van der Waals surface area (Å²) in [6, 6.07) is 0.570. The lowest BCUT2D eigenvalue weighted by atomic mass is 9.80. The molecule has 0 bridgehead atoms. The second-order valence-electron chi connectivity index (χ2n) is 6.26. The molecule has 0 saturated carbocycles. The van der Waals surface area contributed by atoms with Crippen LogP contribution in [-0.4, -0.2) is 49.3 Å². The summed E-state index contributed by atoms with van der Waals surface area (Å²) < 4.78 is 5.51. The van der Waals surface area contributed by atoms with Crippen LogP contribution >= 0.6 is 0 Å². The standard InChI is InChI=1S/C16H34N2O/c1-6-9-17-15(14(7-2)8-3)16(4,5)18-10-12-19-13-11-18/h14-15,17H,6-13H2,1-5H3. The van der Waals surface area contributed by atoms with Crippen molar-refractivity contribution < 1.29 is 4.74 Å². The summed E-state index contributed by atoms with van der Waals surface area (Å²) in [5, 5.41) is 3.83. The van der Waals surface area contributed by atoms with Crippen LogP contribution in [-0.2, 0) is 4.74 Å². The first kappa shape index (κ1) is 16.9. The molecule has 3 heteroatoms. The molecule has 0 aromatic carbocycles. The summed E-state index contributed by atoms with van der Waals surface area (Å²) >= 11 is 0. The number of morpholine rings is 1. The summed E-state index contributed by atoms with van der Waals surface area (Å²) in [7, 11) is 0. The Bertz CT molecular complexity index is 233. The van der Waals surface area contributed by atoms with E-state index in [4.69, 9.17) is 4.74 Å². The van der Waals surface area contributed by atoms with Gasteiger partial charge in [0.2, 0.25) is 0 Å². The minimum absolute atomic E-state index is 0.204. The Hall–Kier alpha value is -0.120. The van der Waals surface area contributed by atoms with Gasteiger partial charge in [-0.15, -0.1) is 0 Å². The number of nitrogens with one attached hydrogen (secondary N) is 1. The lowest BCUT2D eigenvalue weighted by Gasteiger charge is -2.48. The molecule has 1 saturated heterocycles. The summed E-state index contributed by atoms with van der Waals surface area (Å²) in [6.07, 6.45) is 3.72. The molecule has 0 amide bonds. The van der Waals surface area contributed by atoms with E-state index < -0.39 is 0 Å². The van der Waals surface area contributed by atoms with Gasteiger partial charge in [-0.05, 0) is 32.7 Å². The second-order valence-corrected chi connectivity index (χ2v) is 6.26.